The van der Waals surface area contributed by atoms with Gasteiger partial charge in [-0.1, -0.05) is 30.3 Å². The molecule has 0 spiro atoms. The van der Waals surface area contributed by atoms with Crippen LogP contribution in [0.5, 0.6) is 0 Å². The standard InChI is InChI=1S/C11H12O2/c1-2-5-10-8-6-3-4-7-9(8)11(12)13-10/h2-4,6-7,10-12H,1,5H2. The maximum absolute atomic E-state index is 9.52. The van der Waals surface area contributed by atoms with Crippen molar-refractivity contribution in [3.63, 3.8) is 0 Å². The second kappa shape index (κ2) is 3.32. The van der Waals surface area contributed by atoms with Crippen molar-refractivity contribution in [1.82, 2.24) is 0 Å². The lowest BCUT2D eigenvalue weighted by atomic mass is 10.0. The van der Waals surface area contributed by atoms with Crippen LogP contribution in [0.2, 0.25) is 0 Å². The zero-order chi connectivity index (χ0) is 9.26. The Balaban J connectivity index is 2.35. The third kappa shape index (κ3) is 1.39. The van der Waals surface area contributed by atoms with E-state index in [1.165, 1.54) is 0 Å². The fourth-order valence-electron chi connectivity index (χ4n) is 1.67. The number of hydrogen-bond donors (Lipinski definition) is 1. The summed E-state index contributed by atoms with van der Waals surface area (Å²) in [6.45, 7) is 3.66. The Hall–Kier alpha value is -1.12. The molecule has 1 heterocycles. The minimum absolute atomic E-state index is 0.0244. The molecular weight excluding hydrogens is 164 g/mol. The molecule has 1 aliphatic heterocycles. The van der Waals surface area contributed by atoms with Crippen molar-refractivity contribution in [2.45, 2.75) is 18.8 Å². The molecule has 1 N–H and O–H groups in total. The number of aliphatic hydroxyl groups is 1. The first kappa shape index (κ1) is 8.48. The summed E-state index contributed by atoms with van der Waals surface area (Å²) in [5, 5.41) is 9.52. The van der Waals surface area contributed by atoms with Gasteiger partial charge in [0.15, 0.2) is 6.29 Å². The normalized spacial score (nSPS) is 25.6. The van der Waals surface area contributed by atoms with Gasteiger partial charge in [0.2, 0.25) is 0 Å². The monoisotopic (exact) mass is 176 g/mol. The Labute approximate surface area is 77.5 Å². The van der Waals surface area contributed by atoms with E-state index in [4.69, 9.17) is 4.74 Å². The van der Waals surface area contributed by atoms with Gasteiger partial charge in [-0.3, -0.25) is 0 Å². The minimum Gasteiger partial charge on any atom is -0.364 e. The van der Waals surface area contributed by atoms with Crippen molar-refractivity contribution in [1.29, 1.82) is 0 Å². The summed E-state index contributed by atoms with van der Waals surface area (Å²) < 4.78 is 5.36. The van der Waals surface area contributed by atoms with Crippen molar-refractivity contribution in [3.05, 3.63) is 48.0 Å². The molecule has 2 atom stereocenters. The quantitative estimate of drug-likeness (QED) is 0.701. The van der Waals surface area contributed by atoms with Gasteiger partial charge in [-0.05, 0) is 12.0 Å². The van der Waals surface area contributed by atoms with Crippen molar-refractivity contribution < 1.29 is 9.84 Å². The van der Waals surface area contributed by atoms with Crippen LogP contribution in [0.15, 0.2) is 36.9 Å². The van der Waals surface area contributed by atoms with E-state index in [0.29, 0.717) is 0 Å². The first-order chi connectivity index (χ1) is 6.33. The lowest BCUT2D eigenvalue weighted by molar-refractivity contribution is -0.119. The van der Waals surface area contributed by atoms with Crippen LogP contribution >= 0.6 is 0 Å². The van der Waals surface area contributed by atoms with E-state index < -0.39 is 6.29 Å². The largest absolute Gasteiger partial charge is 0.364 e. The highest BCUT2D eigenvalue weighted by atomic mass is 16.6. The van der Waals surface area contributed by atoms with E-state index in [1.54, 1.807) is 6.08 Å². The highest BCUT2D eigenvalue weighted by molar-refractivity contribution is 5.33. The van der Waals surface area contributed by atoms with Gasteiger partial charge in [-0.25, -0.2) is 0 Å². The van der Waals surface area contributed by atoms with E-state index in [9.17, 15) is 5.11 Å². The maximum Gasteiger partial charge on any atom is 0.182 e. The molecule has 2 nitrogen and oxygen atoms in total. The second-order valence-electron chi connectivity index (χ2n) is 3.13. The summed E-state index contributed by atoms with van der Waals surface area (Å²) in [7, 11) is 0. The van der Waals surface area contributed by atoms with E-state index in [-0.39, 0.29) is 6.10 Å². The molecule has 1 aromatic rings. The molecule has 0 amide bonds. The number of aliphatic hydroxyl groups excluding tert-OH is 1. The molecule has 68 valence electrons. The molecule has 2 rings (SSSR count). The summed E-state index contributed by atoms with van der Waals surface area (Å²) >= 11 is 0. The van der Waals surface area contributed by atoms with Gasteiger partial charge in [0.1, 0.15) is 0 Å². The summed E-state index contributed by atoms with van der Waals surface area (Å²) in [6.07, 6.45) is 1.76. The molecule has 0 bridgehead atoms. The van der Waals surface area contributed by atoms with Gasteiger partial charge in [0.05, 0.1) is 6.10 Å². The molecule has 0 aromatic heterocycles. The van der Waals surface area contributed by atoms with Crippen LogP contribution in [0.25, 0.3) is 0 Å². The van der Waals surface area contributed by atoms with E-state index in [2.05, 4.69) is 6.58 Å². The molecule has 0 saturated carbocycles. The van der Waals surface area contributed by atoms with Crippen LogP contribution < -0.4 is 0 Å². The fraction of sp³-hybridized carbons (Fsp3) is 0.273. The predicted octanol–water partition coefficient (Wildman–Crippen LogP) is 2.32. The Kier molecular flexibility index (Phi) is 2.17. The Bertz CT molecular complexity index is 320. The summed E-state index contributed by atoms with van der Waals surface area (Å²) in [5.74, 6) is 0. The zero-order valence-electron chi connectivity index (χ0n) is 7.31. The number of hydrogen-bond acceptors (Lipinski definition) is 2. The van der Waals surface area contributed by atoms with Crippen LogP contribution in [-0.2, 0) is 4.74 Å². The van der Waals surface area contributed by atoms with Crippen LogP contribution in [0.4, 0.5) is 0 Å². The average Bonchev–Trinajstić information content (AvgIpc) is 2.46. The van der Waals surface area contributed by atoms with Gasteiger partial charge in [0.25, 0.3) is 0 Å². The smallest absolute Gasteiger partial charge is 0.182 e. The second-order valence-corrected chi connectivity index (χ2v) is 3.13. The molecular formula is C11H12O2. The van der Waals surface area contributed by atoms with Gasteiger partial charge in [-0.2, -0.15) is 0 Å². The third-order valence-corrected chi connectivity index (χ3v) is 2.28. The number of rotatable bonds is 2. The maximum atomic E-state index is 9.52. The van der Waals surface area contributed by atoms with E-state index in [0.717, 1.165) is 17.5 Å². The van der Waals surface area contributed by atoms with Crippen molar-refractivity contribution >= 4 is 0 Å². The number of benzene rings is 1. The summed E-state index contributed by atoms with van der Waals surface area (Å²) in [4.78, 5) is 0. The van der Waals surface area contributed by atoms with Gasteiger partial charge >= 0.3 is 0 Å². The van der Waals surface area contributed by atoms with E-state index in [1.807, 2.05) is 24.3 Å². The topological polar surface area (TPSA) is 29.5 Å². The van der Waals surface area contributed by atoms with Crippen molar-refractivity contribution in [2.75, 3.05) is 0 Å². The van der Waals surface area contributed by atoms with Crippen molar-refractivity contribution in [3.8, 4) is 0 Å². The highest BCUT2D eigenvalue weighted by Crippen LogP contribution is 2.38. The molecule has 2 heteroatoms. The van der Waals surface area contributed by atoms with Crippen LogP contribution in [0.3, 0.4) is 0 Å². The predicted molar refractivity (Wildman–Crippen MR) is 50.0 cm³/mol. The SMILES string of the molecule is C=CCC1OC(O)c2ccccc21. The molecule has 1 aliphatic rings. The lowest BCUT2D eigenvalue weighted by Crippen LogP contribution is -1.95. The molecule has 1 aromatic carbocycles. The highest BCUT2D eigenvalue weighted by Gasteiger charge is 2.28. The minimum atomic E-state index is -0.763. The molecule has 0 aliphatic carbocycles. The van der Waals surface area contributed by atoms with Gasteiger partial charge < -0.3 is 9.84 Å². The first-order valence-corrected chi connectivity index (χ1v) is 4.36. The molecule has 13 heavy (non-hydrogen) atoms. The fourth-order valence-corrected chi connectivity index (χ4v) is 1.67. The number of fused-ring (bicyclic) bond motifs is 1. The summed E-state index contributed by atoms with van der Waals surface area (Å²) in [6, 6.07) is 7.74. The Morgan fingerprint density at radius 3 is 2.77 bits per heavy atom. The van der Waals surface area contributed by atoms with Gasteiger partial charge in [-0.15, -0.1) is 6.58 Å². The average molecular weight is 176 g/mol. The Morgan fingerprint density at radius 2 is 2.08 bits per heavy atom. The van der Waals surface area contributed by atoms with E-state index >= 15 is 0 Å². The first-order valence-electron chi connectivity index (χ1n) is 4.36. The van der Waals surface area contributed by atoms with Crippen LogP contribution in [0, 0.1) is 0 Å². The van der Waals surface area contributed by atoms with Crippen LogP contribution in [0.1, 0.15) is 29.9 Å². The molecule has 0 radical (unpaired) electrons. The summed E-state index contributed by atoms with van der Waals surface area (Å²) in [5.41, 5.74) is 1.96. The molecule has 0 saturated heterocycles. The zero-order valence-corrected chi connectivity index (χ0v) is 7.31. The van der Waals surface area contributed by atoms with Gasteiger partial charge in [0, 0.05) is 5.56 Å². The molecule has 2 unspecified atom stereocenters. The third-order valence-electron chi connectivity index (χ3n) is 2.28. The van der Waals surface area contributed by atoms with Crippen molar-refractivity contribution in [2.24, 2.45) is 0 Å². The lowest BCUT2D eigenvalue weighted by Gasteiger charge is -2.07. The molecule has 0 fully saturated rings. The van der Waals surface area contributed by atoms with Crippen LogP contribution in [-0.4, -0.2) is 5.11 Å². The Morgan fingerprint density at radius 1 is 1.38 bits per heavy atom. The number of ether oxygens (including phenoxy) is 1.